The van der Waals surface area contributed by atoms with Crippen molar-refractivity contribution in [3.05, 3.63) is 12.0 Å². The molecular weight excluding hydrogens is 256 g/mol. The Kier molecular flexibility index (Phi) is 3.54. The molecule has 3 heterocycles. The molecule has 2 N–H and O–H groups in total. The second-order valence-electron chi connectivity index (χ2n) is 5.30. The molecule has 0 amide bonds. The molecule has 0 bridgehead atoms. The van der Waals surface area contributed by atoms with Crippen molar-refractivity contribution in [2.75, 3.05) is 25.4 Å². The molecule has 108 valence electrons. The molecular formula is C13H20N6O. The number of aryl methyl sites for hydroxylation is 1. The van der Waals surface area contributed by atoms with Gasteiger partial charge in [0, 0.05) is 26.7 Å². The van der Waals surface area contributed by atoms with Gasteiger partial charge in [-0.2, -0.15) is 5.10 Å². The fourth-order valence-electron chi connectivity index (χ4n) is 2.59. The Balaban J connectivity index is 1.84. The summed E-state index contributed by atoms with van der Waals surface area (Å²) < 4.78 is 7.38. The van der Waals surface area contributed by atoms with E-state index < -0.39 is 0 Å². The zero-order valence-corrected chi connectivity index (χ0v) is 11.9. The van der Waals surface area contributed by atoms with Gasteiger partial charge in [0.15, 0.2) is 5.65 Å². The third-order valence-electron chi connectivity index (χ3n) is 3.57. The topological polar surface area (TPSA) is 82.1 Å². The van der Waals surface area contributed by atoms with Crippen LogP contribution in [0.2, 0.25) is 0 Å². The Labute approximate surface area is 117 Å². The molecule has 1 fully saturated rings. The van der Waals surface area contributed by atoms with Gasteiger partial charge in [-0.3, -0.25) is 9.58 Å². The van der Waals surface area contributed by atoms with Gasteiger partial charge in [-0.1, -0.05) is 0 Å². The van der Waals surface area contributed by atoms with E-state index in [4.69, 9.17) is 10.5 Å². The largest absolute Gasteiger partial charge is 0.383 e. The lowest BCUT2D eigenvalue weighted by Crippen LogP contribution is -2.30. The van der Waals surface area contributed by atoms with Crippen molar-refractivity contribution in [2.24, 2.45) is 7.05 Å². The van der Waals surface area contributed by atoms with Crippen LogP contribution >= 0.6 is 0 Å². The van der Waals surface area contributed by atoms with Gasteiger partial charge in [-0.25, -0.2) is 9.97 Å². The summed E-state index contributed by atoms with van der Waals surface area (Å²) >= 11 is 0. The maximum absolute atomic E-state index is 5.99. The SMILES string of the molecule is CC1CN(Cc2nc(N)c3cnn(C)c3n2)CCCO1. The zero-order chi connectivity index (χ0) is 14.1. The van der Waals surface area contributed by atoms with Crippen molar-refractivity contribution in [2.45, 2.75) is 26.0 Å². The molecule has 2 aromatic heterocycles. The summed E-state index contributed by atoms with van der Waals surface area (Å²) in [6.07, 6.45) is 2.99. The number of nitrogens with zero attached hydrogens (tertiary/aromatic N) is 5. The first-order chi connectivity index (χ1) is 9.63. The third-order valence-corrected chi connectivity index (χ3v) is 3.57. The molecule has 20 heavy (non-hydrogen) atoms. The van der Waals surface area contributed by atoms with E-state index in [0.29, 0.717) is 12.4 Å². The van der Waals surface area contributed by atoms with Crippen LogP contribution in [0.15, 0.2) is 6.20 Å². The van der Waals surface area contributed by atoms with E-state index >= 15 is 0 Å². The first kappa shape index (κ1) is 13.3. The van der Waals surface area contributed by atoms with Crippen LogP contribution in [-0.2, 0) is 18.3 Å². The molecule has 0 saturated carbocycles. The number of aromatic nitrogens is 4. The van der Waals surface area contributed by atoms with E-state index in [1.807, 2.05) is 7.05 Å². The van der Waals surface area contributed by atoms with Gasteiger partial charge in [-0.15, -0.1) is 0 Å². The number of hydrogen-bond donors (Lipinski definition) is 1. The van der Waals surface area contributed by atoms with Crippen molar-refractivity contribution in [1.29, 1.82) is 0 Å². The molecule has 7 heteroatoms. The first-order valence-electron chi connectivity index (χ1n) is 6.91. The fourth-order valence-corrected chi connectivity index (χ4v) is 2.59. The molecule has 7 nitrogen and oxygen atoms in total. The van der Waals surface area contributed by atoms with Crippen LogP contribution in [0.3, 0.4) is 0 Å². The lowest BCUT2D eigenvalue weighted by Gasteiger charge is -2.20. The Morgan fingerprint density at radius 2 is 2.30 bits per heavy atom. The average Bonchev–Trinajstić information content (AvgIpc) is 2.65. The smallest absolute Gasteiger partial charge is 0.163 e. The van der Waals surface area contributed by atoms with Gasteiger partial charge < -0.3 is 10.5 Å². The predicted octanol–water partition coefficient (Wildman–Crippen LogP) is 0.556. The summed E-state index contributed by atoms with van der Waals surface area (Å²) in [5.41, 5.74) is 6.77. The number of ether oxygens (including phenoxy) is 1. The van der Waals surface area contributed by atoms with Gasteiger partial charge in [0.25, 0.3) is 0 Å². The van der Waals surface area contributed by atoms with Crippen LogP contribution in [0.5, 0.6) is 0 Å². The van der Waals surface area contributed by atoms with Gasteiger partial charge in [0.05, 0.1) is 24.2 Å². The van der Waals surface area contributed by atoms with E-state index in [1.54, 1.807) is 10.9 Å². The van der Waals surface area contributed by atoms with Crippen LogP contribution in [0.1, 0.15) is 19.2 Å². The lowest BCUT2D eigenvalue weighted by atomic mass is 10.3. The van der Waals surface area contributed by atoms with Crippen molar-refractivity contribution in [3.8, 4) is 0 Å². The molecule has 1 unspecified atom stereocenters. The lowest BCUT2D eigenvalue weighted by molar-refractivity contribution is 0.0665. The van der Waals surface area contributed by atoms with Crippen LogP contribution in [0.4, 0.5) is 5.82 Å². The summed E-state index contributed by atoms with van der Waals surface area (Å²) in [5, 5.41) is 4.98. The second kappa shape index (κ2) is 5.34. The Hall–Kier alpha value is -1.73. The minimum atomic E-state index is 0.246. The Morgan fingerprint density at radius 3 is 3.15 bits per heavy atom. The molecule has 1 aliphatic heterocycles. The molecule has 0 aromatic carbocycles. The first-order valence-corrected chi connectivity index (χ1v) is 6.91. The van der Waals surface area contributed by atoms with Crippen molar-refractivity contribution < 1.29 is 4.74 Å². The predicted molar refractivity (Wildman–Crippen MR) is 76.0 cm³/mol. The summed E-state index contributed by atoms with van der Waals surface area (Å²) in [5.74, 6) is 1.24. The van der Waals surface area contributed by atoms with Gasteiger partial charge in [0.2, 0.25) is 0 Å². The maximum atomic E-state index is 5.99. The highest BCUT2D eigenvalue weighted by molar-refractivity contribution is 5.84. The molecule has 0 radical (unpaired) electrons. The molecule has 1 aliphatic rings. The zero-order valence-electron chi connectivity index (χ0n) is 11.9. The van der Waals surface area contributed by atoms with E-state index in [0.717, 1.165) is 43.0 Å². The fraction of sp³-hybridized carbons (Fsp3) is 0.615. The van der Waals surface area contributed by atoms with Crippen molar-refractivity contribution in [3.63, 3.8) is 0 Å². The van der Waals surface area contributed by atoms with Gasteiger partial charge >= 0.3 is 0 Å². The molecule has 1 saturated heterocycles. The van der Waals surface area contributed by atoms with Crippen molar-refractivity contribution >= 4 is 16.9 Å². The quantitative estimate of drug-likeness (QED) is 0.863. The number of hydrogen-bond acceptors (Lipinski definition) is 6. The van der Waals surface area contributed by atoms with Crippen LogP contribution in [0, 0.1) is 0 Å². The standard InChI is InChI=1S/C13H20N6O/c1-9-7-19(4-3-5-20-9)8-11-16-12(14)10-6-15-18(2)13(10)17-11/h6,9H,3-5,7-8H2,1-2H3,(H2,14,16,17). The average molecular weight is 276 g/mol. The van der Waals surface area contributed by atoms with Crippen molar-refractivity contribution in [1.82, 2.24) is 24.6 Å². The molecule has 2 aromatic rings. The van der Waals surface area contributed by atoms with E-state index in [1.165, 1.54) is 0 Å². The normalized spacial score (nSPS) is 21.2. The maximum Gasteiger partial charge on any atom is 0.163 e. The minimum absolute atomic E-state index is 0.246. The summed E-state index contributed by atoms with van der Waals surface area (Å²) in [6.45, 7) is 5.50. The highest BCUT2D eigenvalue weighted by Gasteiger charge is 2.17. The number of fused-ring (bicyclic) bond motifs is 1. The molecule has 0 aliphatic carbocycles. The van der Waals surface area contributed by atoms with E-state index in [9.17, 15) is 0 Å². The number of nitrogens with two attached hydrogens (primary N) is 1. The molecule has 0 spiro atoms. The highest BCUT2D eigenvalue weighted by atomic mass is 16.5. The second-order valence-corrected chi connectivity index (χ2v) is 5.30. The number of rotatable bonds is 2. The summed E-state index contributed by atoms with van der Waals surface area (Å²) in [6, 6.07) is 0. The van der Waals surface area contributed by atoms with Crippen LogP contribution < -0.4 is 5.73 Å². The molecule has 3 rings (SSSR count). The third kappa shape index (κ3) is 2.59. The van der Waals surface area contributed by atoms with E-state index in [-0.39, 0.29) is 6.10 Å². The van der Waals surface area contributed by atoms with Gasteiger partial charge in [-0.05, 0) is 13.3 Å². The van der Waals surface area contributed by atoms with Crippen LogP contribution in [-0.4, -0.2) is 50.4 Å². The van der Waals surface area contributed by atoms with Crippen LogP contribution in [0.25, 0.3) is 11.0 Å². The minimum Gasteiger partial charge on any atom is -0.383 e. The molecule has 1 atom stereocenters. The Morgan fingerprint density at radius 1 is 1.45 bits per heavy atom. The van der Waals surface area contributed by atoms with E-state index in [2.05, 4.69) is 26.9 Å². The van der Waals surface area contributed by atoms with Gasteiger partial charge in [0.1, 0.15) is 11.6 Å². The Bertz CT molecular complexity index is 610. The summed E-state index contributed by atoms with van der Waals surface area (Å²) in [4.78, 5) is 11.3. The summed E-state index contributed by atoms with van der Waals surface area (Å²) in [7, 11) is 1.86. The highest BCUT2D eigenvalue weighted by Crippen LogP contribution is 2.17. The number of anilines is 1. The monoisotopic (exact) mass is 276 g/mol. The number of nitrogen functional groups attached to an aromatic ring is 1.